The van der Waals surface area contributed by atoms with Crippen molar-refractivity contribution >= 4 is 17.4 Å². The van der Waals surface area contributed by atoms with Crippen molar-refractivity contribution in [2.75, 3.05) is 23.3 Å². The van der Waals surface area contributed by atoms with Gasteiger partial charge in [0.15, 0.2) is 0 Å². The summed E-state index contributed by atoms with van der Waals surface area (Å²) in [6, 6.07) is 8.02. The molecule has 22 heavy (non-hydrogen) atoms. The molecule has 5 nitrogen and oxygen atoms in total. The molecular weight excluding hydrogens is 276 g/mol. The molecule has 0 bridgehead atoms. The van der Waals surface area contributed by atoms with Crippen molar-refractivity contribution in [1.29, 1.82) is 0 Å². The Balaban J connectivity index is 1.71. The van der Waals surface area contributed by atoms with Gasteiger partial charge >= 0.3 is 0 Å². The first-order valence-electron chi connectivity index (χ1n) is 7.70. The minimum absolute atomic E-state index is 0.0148. The fourth-order valence-electron chi connectivity index (χ4n) is 2.89. The fraction of sp³-hybridized carbons (Fsp3) is 0.412. The number of fused-ring (bicyclic) bond motifs is 1. The van der Waals surface area contributed by atoms with Crippen LogP contribution in [-0.4, -0.2) is 28.8 Å². The van der Waals surface area contributed by atoms with Crippen LogP contribution in [0, 0.1) is 20.8 Å². The molecule has 0 atom stereocenters. The second kappa shape index (κ2) is 5.83. The lowest BCUT2D eigenvalue weighted by molar-refractivity contribution is -0.115. The molecule has 0 radical (unpaired) electrons. The van der Waals surface area contributed by atoms with Gasteiger partial charge in [-0.15, -0.1) is 0 Å². The number of nitrogens with one attached hydrogen (secondary N) is 1. The molecule has 0 saturated carbocycles. The van der Waals surface area contributed by atoms with E-state index in [1.54, 1.807) is 0 Å². The fourth-order valence-corrected chi connectivity index (χ4v) is 2.89. The smallest absolute Gasteiger partial charge is 0.243 e. The quantitative estimate of drug-likeness (QED) is 0.948. The molecule has 2 heterocycles. The highest BCUT2D eigenvalue weighted by Gasteiger charge is 2.20. The Kier molecular flexibility index (Phi) is 3.88. The molecule has 116 valence electrons. The molecule has 2 aromatic rings. The SMILES string of the molecule is Cc1cc2n(n1)CCCN2CC(=O)Nc1cccc(C)c1C. The van der Waals surface area contributed by atoms with Gasteiger partial charge in [0.1, 0.15) is 5.82 Å². The van der Waals surface area contributed by atoms with Crippen molar-refractivity contribution < 1.29 is 4.79 Å². The van der Waals surface area contributed by atoms with Gasteiger partial charge in [-0.05, 0) is 44.4 Å². The first-order chi connectivity index (χ1) is 10.5. The molecule has 5 heteroatoms. The predicted octanol–water partition coefficient (Wildman–Crippen LogP) is 2.66. The van der Waals surface area contributed by atoms with Gasteiger partial charge in [-0.1, -0.05) is 12.1 Å². The Morgan fingerprint density at radius 3 is 2.91 bits per heavy atom. The average molecular weight is 298 g/mol. The van der Waals surface area contributed by atoms with Gasteiger partial charge in [0, 0.05) is 24.8 Å². The largest absolute Gasteiger partial charge is 0.347 e. The summed E-state index contributed by atoms with van der Waals surface area (Å²) in [6.45, 7) is 8.25. The average Bonchev–Trinajstić information content (AvgIpc) is 2.85. The molecule has 0 unspecified atom stereocenters. The molecule has 1 aromatic carbocycles. The number of rotatable bonds is 3. The van der Waals surface area contributed by atoms with Gasteiger partial charge in [0.25, 0.3) is 0 Å². The summed E-state index contributed by atoms with van der Waals surface area (Å²) in [7, 11) is 0. The number of amides is 1. The molecule has 0 saturated heterocycles. The molecule has 1 aromatic heterocycles. The number of nitrogens with zero attached hydrogens (tertiary/aromatic N) is 3. The highest BCUT2D eigenvalue weighted by Crippen LogP contribution is 2.22. The predicted molar refractivity (Wildman–Crippen MR) is 88.3 cm³/mol. The number of hydrogen-bond donors (Lipinski definition) is 1. The van der Waals surface area contributed by atoms with Crippen LogP contribution in [0.3, 0.4) is 0 Å². The van der Waals surface area contributed by atoms with E-state index in [1.165, 1.54) is 5.56 Å². The number of anilines is 2. The highest BCUT2D eigenvalue weighted by atomic mass is 16.2. The molecule has 0 spiro atoms. The Morgan fingerprint density at radius 2 is 2.09 bits per heavy atom. The third-order valence-corrected chi connectivity index (χ3v) is 4.22. The summed E-state index contributed by atoms with van der Waals surface area (Å²) in [5.74, 6) is 1.06. The summed E-state index contributed by atoms with van der Waals surface area (Å²) in [5.41, 5.74) is 4.20. The minimum atomic E-state index is 0.0148. The van der Waals surface area contributed by atoms with Gasteiger partial charge < -0.3 is 10.2 Å². The molecule has 3 rings (SSSR count). The molecule has 1 N–H and O–H groups in total. The maximum atomic E-state index is 12.4. The number of benzene rings is 1. The molecule has 1 amide bonds. The molecule has 1 aliphatic heterocycles. The van der Waals surface area contributed by atoms with Crippen LogP contribution in [0.2, 0.25) is 0 Å². The number of carbonyl (C=O) groups is 1. The van der Waals surface area contributed by atoms with Crippen LogP contribution < -0.4 is 10.2 Å². The minimum Gasteiger partial charge on any atom is -0.347 e. The van der Waals surface area contributed by atoms with Crippen LogP contribution in [-0.2, 0) is 11.3 Å². The number of aromatic nitrogens is 2. The van der Waals surface area contributed by atoms with Crippen molar-refractivity contribution in [3.63, 3.8) is 0 Å². The maximum absolute atomic E-state index is 12.4. The van der Waals surface area contributed by atoms with E-state index in [0.29, 0.717) is 6.54 Å². The van der Waals surface area contributed by atoms with E-state index in [1.807, 2.05) is 36.7 Å². The Bertz CT molecular complexity index is 705. The third-order valence-electron chi connectivity index (χ3n) is 4.22. The van der Waals surface area contributed by atoms with Crippen molar-refractivity contribution in [3.8, 4) is 0 Å². The zero-order valence-electron chi connectivity index (χ0n) is 13.4. The highest BCUT2D eigenvalue weighted by molar-refractivity contribution is 5.94. The number of aryl methyl sites for hydroxylation is 3. The van der Waals surface area contributed by atoms with E-state index in [9.17, 15) is 4.79 Å². The van der Waals surface area contributed by atoms with Crippen LogP contribution in [0.1, 0.15) is 23.2 Å². The second-order valence-corrected chi connectivity index (χ2v) is 5.94. The van der Waals surface area contributed by atoms with E-state index in [4.69, 9.17) is 0 Å². The lowest BCUT2D eigenvalue weighted by Crippen LogP contribution is -2.38. The van der Waals surface area contributed by atoms with Gasteiger partial charge in [-0.25, -0.2) is 4.68 Å². The topological polar surface area (TPSA) is 50.2 Å². The summed E-state index contributed by atoms with van der Waals surface area (Å²) < 4.78 is 1.99. The van der Waals surface area contributed by atoms with E-state index in [-0.39, 0.29) is 5.91 Å². The van der Waals surface area contributed by atoms with E-state index in [2.05, 4.69) is 28.3 Å². The second-order valence-electron chi connectivity index (χ2n) is 5.94. The van der Waals surface area contributed by atoms with E-state index >= 15 is 0 Å². The van der Waals surface area contributed by atoms with Crippen molar-refractivity contribution in [3.05, 3.63) is 41.1 Å². The molecular formula is C17H22N4O. The van der Waals surface area contributed by atoms with Gasteiger partial charge in [-0.3, -0.25) is 4.79 Å². The lowest BCUT2D eigenvalue weighted by Gasteiger charge is -2.28. The molecule has 0 fully saturated rings. The normalized spacial score (nSPS) is 13.9. The van der Waals surface area contributed by atoms with Crippen molar-refractivity contribution in [2.45, 2.75) is 33.7 Å². The van der Waals surface area contributed by atoms with Crippen LogP contribution in [0.25, 0.3) is 0 Å². The van der Waals surface area contributed by atoms with Crippen LogP contribution in [0.4, 0.5) is 11.5 Å². The summed E-state index contributed by atoms with van der Waals surface area (Å²) in [5, 5.41) is 7.49. The van der Waals surface area contributed by atoms with Crippen molar-refractivity contribution in [1.82, 2.24) is 9.78 Å². The summed E-state index contributed by atoms with van der Waals surface area (Å²) in [4.78, 5) is 14.5. The zero-order chi connectivity index (χ0) is 15.7. The monoisotopic (exact) mass is 298 g/mol. The van der Waals surface area contributed by atoms with E-state index in [0.717, 1.165) is 42.3 Å². The van der Waals surface area contributed by atoms with Gasteiger partial charge in [0.05, 0.1) is 12.2 Å². The lowest BCUT2D eigenvalue weighted by atomic mass is 10.1. The van der Waals surface area contributed by atoms with Crippen LogP contribution >= 0.6 is 0 Å². The van der Waals surface area contributed by atoms with Crippen LogP contribution in [0.15, 0.2) is 24.3 Å². The van der Waals surface area contributed by atoms with Crippen molar-refractivity contribution in [2.24, 2.45) is 0 Å². The zero-order valence-corrected chi connectivity index (χ0v) is 13.4. The summed E-state index contributed by atoms with van der Waals surface area (Å²) >= 11 is 0. The third kappa shape index (κ3) is 2.84. The van der Waals surface area contributed by atoms with Gasteiger partial charge in [0.2, 0.25) is 5.91 Å². The Hall–Kier alpha value is -2.30. The van der Waals surface area contributed by atoms with Gasteiger partial charge in [-0.2, -0.15) is 5.10 Å². The first-order valence-corrected chi connectivity index (χ1v) is 7.70. The number of hydrogen-bond acceptors (Lipinski definition) is 3. The molecule has 1 aliphatic rings. The maximum Gasteiger partial charge on any atom is 0.243 e. The first kappa shape index (κ1) is 14.6. The van der Waals surface area contributed by atoms with E-state index < -0.39 is 0 Å². The Morgan fingerprint density at radius 1 is 1.27 bits per heavy atom. The number of carbonyl (C=O) groups excluding carboxylic acids is 1. The standard InChI is InChI=1S/C17H22N4O/c1-12-6-4-7-15(14(12)3)18-16(22)11-20-8-5-9-21-17(20)10-13(2)19-21/h4,6-7,10H,5,8-9,11H2,1-3H3,(H,18,22). The Labute approximate surface area is 130 Å². The van der Waals surface area contributed by atoms with Crippen LogP contribution in [0.5, 0.6) is 0 Å². The molecule has 0 aliphatic carbocycles. The summed E-state index contributed by atoms with van der Waals surface area (Å²) in [6.07, 6.45) is 1.02.